The predicted molar refractivity (Wildman–Crippen MR) is 76.3 cm³/mol. The molecule has 0 radical (unpaired) electrons. The lowest BCUT2D eigenvalue weighted by molar-refractivity contribution is 0.0783. The minimum Gasteiger partial charge on any atom is -0.361 e. The Bertz CT molecular complexity index is 602. The average molecular weight is 257 g/mol. The monoisotopic (exact) mass is 257 g/mol. The molecule has 3 rings (SSSR count). The van der Waals surface area contributed by atoms with Crippen LogP contribution in [0, 0.1) is 0 Å². The van der Waals surface area contributed by atoms with Crippen molar-refractivity contribution in [3.63, 3.8) is 0 Å². The van der Waals surface area contributed by atoms with E-state index in [1.54, 1.807) is 0 Å². The molecule has 1 amide bonds. The first-order chi connectivity index (χ1) is 9.15. The van der Waals surface area contributed by atoms with E-state index in [1.807, 2.05) is 35.4 Å². The van der Waals surface area contributed by atoms with Crippen LogP contribution in [0.4, 0.5) is 0 Å². The summed E-state index contributed by atoms with van der Waals surface area (Å²) in [5.41, 5.74) is 1.86. The maximum atomic E-state index is 12.5. The van der Waals surface area contributed by atoms with Gasteiger partial charge in [0.2, 0.25) is 0 Å². The van der Waals surface area contributed by atoms with E-state index in [2.05, 4.69) is 24.0 Å². The van der Waals surface area contributed by atoms with Crippen LogP contribution >= 0.6 is 0 Å². The normalized spacial score (nSPS) is 19.5. The molecule has 0 spiro atoms. The highest BCUT2D eigenvalue weighted by Crippen LogP contribution is 2.19. The Labute approximate surface area is 113 Å². The molecule has 2 aromatic rings. The second-order valence-corrected chi connectivity index (χ2v) is 5.44. The first-order valence-electron chi connectivity index (χ1n) is 6.68. The van der Waals surface area contributed by atoms with Gasteiger partial charge in [-0.1, -0.05) is 0 Å². The first kappa shape index (κ1) is 12.2. The molecule has 1 aliphatic rings. The fourth-order valence-electron chi connectivity index (χ4n) is 2.72. The third-order valence-corrected chi connectivity index (χ3v) is 3.98. The van der Waals surface area contributed by atoms with Crippen LogP contribution in [0.15, 0.2) is 30.5 Å². The number of likely N-dealkylation sites (tertiary alicyclic amines) is 1. The van der Waals surface area contributed by atoms with Crippen LogP contribution in [-0.2, 0) is 0 Å². The van der Waals surface area contributed by atoms with Crippen molar-refractivity contribution >= 4 is 16.8 Å². The van der Waals surface area contributed by atoms with Gasteiger partial charge in [0.15, 0.2) is 0 Å². The number of rotatable bonds is 2. The summed E-state index contributed by atoms with van der Waals surface area (Å²) >= 11 is 0. The SMILES string of the molecule is CN(C)C1CCN(C(=O)c2ccc3[nH]ccc3c2)C1. The molecule has 1 aliphatic heterocycles. The van der Waals surface area contributed by atoms with Gasteiger partial charge in [-0.3, -0.25) is 4.79 Å². The summed E-state index contributed by atoms with van der Waals surface area (Å²) in [5.74, 6) is 0.146. The molecule has 1 atom stereocenters. The fourth-order valence-corrected chi connectivity index (χ4v) is 2.72. The minimum atomic E-state index is 0.146. The second kappa shape index (κ2) is 4.70. The van der Waals surface area contributed by atoms with E-state index < -0.39 is 0 Å². The fraction of sp³-hybridized carbons (Fsp3) is 0.400. The summed E-state index contributed by atoms with van der Waals surface area (Å²) in [6, 6.07) is 8.34. The number of aromatic nitrogens is 1. The highest BCUT2D eigenvalue weighted by atomic mass is 16.2. The summed E-state index contributed by atoms with van der Waals surface area (Å²) in [6.07, 6.45) is 2.96. The van der Waals surface area contributed by atoms with Crippen molar-refractivity contribution in [1.29, 1.82) is 0 Å². The summed E-state index contributed by atoms with van der Waals surface area (Å²) in [6.45, 7) is 1.68. The molecule has 19 heavy (non-hydrogen) atoms. The zero-order chi connectivity index (χ0) is 13.4. The van der Waals surface area contributed by atoms with Gasteiger partial charge in [-0.05, 0) is 44.8 Å². The molecule has 1 N–H and O–H groups in total. The van der Waals surface area contributed by atoms with Gasteiger partial charge in [-0.15, -0.1) is 0 Å². The lowest BCUT2D eigenvalue weighted by atomic mass is 10.1. The Hall–Kier alpha value is -1.81. The van der Waals surface area contributed by atoms with Crippen molar-refractivity contribution in [1.82, 2.24) is 14.8 Å². The smallest absolute Gasteiger partial charge is 0.253 e. The summed E-state index contributed by atoms with van der Waals surface area (Å²) in [5, 5.41) is 1.09. The second-order valence-electron chi connectivity index (χ2n) is 5.44. The largest absolute Gasteiger partial charge is 0.361 e. The number of carbonyl (C=O) groups is 1. The van der Waals surface area contributed by atoms with Gasteiger partial charge in [-0.25, -0.2) is 0 Å². The molecule has 4 heteroatoms. The van der Waals surface area contributed by atoms with Crippen molar-refractivity contribution < 1.29 is 4.79 Å². The standard InChI is InChI=1S/C15H19N3O/c1-17(2)13-6-8-18(10-13)15(19)12-3-4-14-11(9-12)5-7-16-14/h3-5,7,9,13,16H,6,8,10H2,1-2H3. The summed E-state index contributed by atoms with van der Waals surface area (Å²) < 4.78 is 0. The number of fused-ring (bicyclic) bond motifs is 1. The molecule has 1 aromatic heterocycles. The Kier molecular flexibility index (Phi) is 3.03. The average Bonchev–Trinajstić information content (AvgIpc) is 3.06. The third-order valence-electron chi connectivity index (χ3n) is 3.98. The Morgan fingerprint density at radius 2 is 2.21 bits per heavy atom. The first-order valence-corrected chi connectivity index (χ1v) is 6.68. The molecule has 2 heterocycles. The highest BCUT2D eigenvalue weighted by Gasteiger charge is 2.28. The van der Waals surface area contributed by atoms with Crippen LogP contribution in [0.25, 0.3) is 10.9 Å². The van der Waals surface area contributed by atoms with Crippen LogP contribution in [0.1, 0.15) is 16.8 Å². The topological polar surface area (TPSA) is 39.3 Å². The van der Waals surface area contributed by atoms with Crippen molar-refractivity contribution in [3.05, 3.63) is 36.0 Å². The molecular weight excluding hydrogens is 238 g/mol. The van der Waals surface area contributed by atoms with Crippen molar-refractivity contribution in [2.24, 2.45) is 0 Å². The number of aromatic amines is 1. The number of carbonyl (C=O) groups excluding carboxylic acids is 1. The quantitative estimate of drug-likeness (QED) is 0.893. The number of nitrogens with one attached hydrogen (secondary N) is 1. The number of amides is 1. The van der Waals surface area contributed by atoms with Gasteiger partial charge in [0.05, 0.1) is 0 Å². The summed E-state index contributed by atoms with van der Waals surface area (Å²) in [7, 11) is 4.15. The van der Waals surface area contributed by atoms with E-state index in [0.717, 1.165) is 36.0 Å². The maximum Gasteiger partial charge on any atom is 0.253 e. The molecular formula is C15H19N3O. The van der Waals surface area contributed by atoms with Gasteiger partial charge in [0, 0.05) is 41.8 Å². The lowest BCUT2D eigenvalue weighted by Gasteiger charge is -2.20. The van der Waals surface area contributed by atoms with Gasteiger partial charge < -0.3 is 14.8 Å². The molecule has 1 fully saturated rings. The van der Waals surface area contributed by atoms with Gasteiger partial charge in [0.25, 0.3) is 5.91 Å². The van der Waals surface area contributed by atoms with Crippen LogP contribution in [0.2, 0.25) is 0 Å². The molecule has 0 aliphatic carbocycles. The van der Waals surface area contributed by atoms with E-state index in [1.165, 1.54) is 0 Å². The number of hydrogen-bond acceptors (Lipinski definition) is 2. The number of benzene rings is 1. The van der Waals surface area contributed by atoms with Crippen LogP contribution in [-0.4, -0.2) is 53.9 Å². The van der Waals surface area contributed by atoms with E-state index >= 15 is 0 Å². The molecule has 4 nitrogen and oxygen atoms in total. The van der Waals surface area contributed by atoms with Crippen molar-refractivity contribution in [3.8, 4) is 0 Å². The molecule has 100 valence electrons. The molecule has 0 bridgehead atoms. The van der Waals surface area contributed by atoms with E-state index in [9.17, 15) is 4.79 Å². The van der Waals surface area contributed by atoms with Crippen molar-refractivity contribution in [2.45, 2.75) is 12.5 Å². The number of nitrogens with zero attached hydrogens (tertiary/aromatic N) is 2. The molecule has 1 aromatic carbocycles. The maximum absolute atomic E-state index is 12.5. The number of hydrogen-bond donors (Lipinski definition) is 1. The van der Waals surface area contributed by atoms with Gasteiger partial charge >= 0.3 is 0 Å². The highest BCUT2D eigenvalue weighted by molar-refractivity contribution is 5.98. The van der Waals surface area contributed by atoms with Crippen LogP contribution in [0.3, 0.4) is 0 Å². The van der Waals surface area contributed by atoms with Crippen molar-refractivity contribution in [2.75, 3.05) is 27.2 Å². The van der Waals surface area contributed by atoms with Gasteiger partial charge in [0.1, 0.15) is 0 Å². The Morgan fingerprint density at radius 3 is 2.95 bits per heavy atom. The molecule has 1 saturated heterocycles. The van der Waals surface area contributed by atoms with E-state index in [-0.39, 0.29) is 5.91 Å². The third kappa shape index (κ3) is 2.24. The number of likely N-dealkylation sites (N-methyl/N-ethyl adjacent to an activating group) is 1. The van der Waals surface area contributed by atoms with Crippen LogP contribution in [0.5, 0.6) is 0 Å². The van der Waals surface area contributed by atoms with Gasteiger partial charge in [-0.2, -0.15) is 0 Å². The lowest BCUT2D eigenvalue weighted by Crippen LogP contribution is -2.34. The summed E-state index contributed by atoms with van der Waals surface area (Å²) in [4.78, 5) is 19.8. The number of H-pyrrole nitrogens is 1. The van der Waals surface area contributed by atoms with E-state index in [4.69, 9.17) is 0 Å². The molecule has 1 unspecified atom stereocenters. The Balaban J connectivity index is 1.80. The van der Waals surface area contributed by atoms with E-state index in [0.29, 0.717) is 6.04 Å². The Morgan fingerprint density at radius 1 is 1.37 bits per heavy atom. The zero-order valence-electron chi connectivity index (χ0n) is 11.4. The van der Waals surface area contributed by atoms with Crippen LogP contribution < -0.4 is 0 Å². The zero-order valence-corrected chi connectivity index (χ0v) is 11.4. The minimum absolute atomic E-state index is 0.146. The molecule has 0 saturated carbocycles. The predicted octanol–water partition coefficient (Wildman–Crippen LogP) is 1.94.